The zero-order valence-corrected chi connectivity index (χ0v) is 15.2. The highest BCUT2D eigenvalue weighted by molar-refractivity contribution is 5.79. The van der Waals surface area contributed by atoms with Gasteiger partial charge in [0.25, 0.3) is 0 Å². The van der Waals surface area contributed by atoms with Crippen LogP contribution < -0.4 is 10.6 Å². The molecule has 4 aromatic heterocycles. The van der Waals surface area contributed by atoms with Gasteiger partial charge in [-0.05, 0) is 38.8 Å². The predicted molar refractivity (Wildman–Crippen MR) is 104 cm³/mol. The Morgan fingerprint density at radius 2 is 1.85 bits per heavy atom. The van der Waals surface area contributed by atoms with E-state index < -0.39 is 0 Å². The average Bonchev–Trinajstić information content (AvgIpc) is 3.34. The first-order valence-corrected chi connectivity index (χ1v) is 9.37. The highest BCUT2D eigenvalue weighted by Gasteiger charge is 2.20. The van der Waals surface area contributed by atoms with Crippen molar-refractivity contribution in [2.75, 3.05) is 12.4 Å². The van der Waals surface area contributed by atoms with Crippen molar-refractivity contribution in [3.05, 3.63) is 43.2 Å². The molecule has 0 spiro atoms. The normalized spacial score (nSPS) is 20.3. The fraction of sp³-hybridized carbons (Fsp3) is 0.368. The Hall–Kier alpha value is -3.00. The highest BCUT2D eigenvalue weighted by atomic mass is 15.3. The topological polar surface area (TPSA) is 84.4 Å². The minimum absolute atomic E-state index is 0.440. The van der Waals surface area contributed by atoms with E-state index in [-0.39, 0.29) is 0 Å². The highest BCUT2D eigenvalue weighted by Crippen LogP contribution is 2.25. The molecule has 8 nitrogen and oxygen atoms in total. The maximum atomic E-state index is 4.65. The quantitative estimate of drug-likeness (QED) is 0.580. The molecule has 0 amide bonds. The zero-order valence-electron chi connectivity index (χ0n) is 15.2. The Morgan fingerprint density at radius 3 is 2.70 bits per heavy atom. The molecule has 27 heavy (non-hydrogen) atoms. The van der Waals surface area contributed by atoms with Crippen molar-refractivity contribution in [3.63, 3.8) is 0 Å². The zero-order chi connectivity index (χ0) is 18.2. The van der Waals surface area contributed by atoms with Gasteiger partial charge in [0, 0.05) is 54.2 Å². The van der Waals surface area contributed by atoms with Gasteiger partial charge in [-0.15, -0.1) is 5.10 Å². The molecule has 4 heterocycles. The van der Waals surface area contributed by atoms with Gasteiger partial charge < -0.3 is 10.6 Å². The summed E-state index contributed by atoms with van der Waals surface area (Å²) in [5.74, 6) is 1.37. The molecule has 138 valence electrons. The molecule has 1 aliphatic carbocycles. The fourth-order valence-electron chi connectivity index (χ4n) is 3.87. The average molecular weight is 362 g/mol. The standard InChI is InChI=1S/C19H22N8/c1-20-14-2-4-15(5-3-14)24-18-22-11-17-16(6-8-27(17)25-18)13-10-23-19-21-7-9-26(19)12-13/h6-12,14-15,20H,2-5H2,1H3,(H,24,25)/t14-,15-. The van der Waals surface area contributed by atoms with Gasteiger partial charge in [-0.25, -0.2) is 19.5 Å². The van der Waals surface area contributed by atoms with Gasteiger partial charge in [0.1, 0.15) is 0 Å². The van der Waals surface area contributed by atoms with E-state index in [2.05, 4.69) is 30.7 Å². The molecule has 0 radical (unpaired) electrons. The van der Waals surface area contributed by atoms with E-state index >= 15 is 0 Å². The third-order valence-electron chi connectivity index (χ3n) is 5.44. The molecule has 1 saturated carbocycles. The first-order chi connectivity index (χ1) is 13.3. The number of anilines is 1. The van der Waals surface area contributed by atoms with Gasteiger partial charge in [-0.2, -0.15) is 0 Å². The molecule has 4 aromatic rings. The summed E-state index contributed by atoms with van der Waals surface area (Å²) >= 11 is 0. The molecule has 5 rings (SSSR count). The second kappa shape index (κ2) is 6.62. The van der Waals surface area contributed by atoms with Crippen LogP contribution in [0.2, 0.25) is 0 Å². The third kappa shape index (κ3) is 3.02. The predicted octanol–water partition coefficient (Wildman–Crippen LogP) is 2.38. The SMILES string of the molecule is CN[C@H]1CC[C@H](Nc2ncc3c(-c4cnc5nccn5c4)ccn3n2)CC1. The Balaban J connectivity index is 1.39. The van der Waals surface area contributed by atoms with E-state index in [9.17, 15) is 0 Å². The summed E-state index contributed by atoms with van der Waals surface area (Å²) in [4.78, 5) is 13.1. The molecule has 0 aliphatic heterocycles. The number of imidazole rings is 1. The van der Waals surface area contributed by atoms with E-state index in [1.54, 1.807) is 6.20 Å². The number of hydrogen-bond acceptors (Lipinski definition) is 6. The van der Waals surface area contributed by atoms with Crippen LogP contribution >= 0.6 is 0 Å². The molecular formula is C19H22N8. The molecule has 1 aliphatic rings. The van der Waals surface area contributed by atoms with Crippen LogP contribution in [0.1, 0.15) is 25.7 Å². The number of fused-ring (bicyclic) bond motifs is 2. The molecule has 0 bridgehead atoms. The van der Waals surface area contributed by atoms with Crippen molar-refractivity contribution in [2.24, 2.45) is 0 Å². The summed E-state index contributed by atoms with van der Waals surface area (Å²) < 4.78 is 3.79. The lowest BCUT2D eigenvalue weighted by atomic mass is 9.91. The number of hydrogen-bond donors (Lipinski definition) is 2. The van der Waals surface area contributed by atoms with Gasteiger partial charge in [0.05, 0.1) is 11.7 Å². The van der Waals surface area contributed by atoms with Crippen LogP contribution in [0.5, 0.6) is 0 Å². The molecule has 0 atom stereocenters. The summed E-state index contributed by atoms with van der Waals surface area (Å²) in [6.45, 7) is 0. The van der Waals surface area contributed by atoms with E-state index in [0.717, 1.165) is 29.5 Å². The van der Waals surface area contributed by atoms with Gasteiger partial charge >= 0.3 is 0 Å². The lowest BCUT2D eigenvalue weighted by Gasteiger charge is -2.28. The summed E-state index contributed by atoms with van der Waals surface area (Å²) in [6, 6.07) is 3.13. The lowest BCUT2D eigenvalue weighted by molar-refractivity contribution is 0.370. The molecule has 8 heteroatoms. The van der Waals surface area contributed by atoms with Crippen LogP contribution in [0.15, 0.2) is 43.2 Å². The maximum Gasteiger partial charge on any atom is 0.241 e. The number of nitrogens with one attached hydrogen (secondary N) is 2. The van der Waals surface area contributed by atoms with Crippen molar-refractivity contribution in [2.45, 2.75) is 37.8 Å². The first-order valence-electron chi connectivity index (χ1n) is 9.37. The number of rotatable bonds is 4. The van der Waals surface area contributed by atoms with Crippen LogP contribution in [-0.2, 0) is 0 Å². The van der Waals surface area contributed by atoms with Crippen LogP contribution in [0.4, 0.5) is 5.95 Å². The van der Waals surface area contributed by atoms with E-state index in [1.807, 2.05) is 53.0 Å². The van der Waals surface area contributed by atoms with Crippen LogP contribution in [0.25, 0.3) is 22.4 Å². The molecule has 1 fully saturated rings. The lowest BCUT2D eigenvalue weighted by Crippen LogP contribution is -2.35. The third-order valence-corrected chi connectivity index (χ3v) is 5.44. The number of aromatic nitrogens is 6. The molecule has 0 aromatic carbocycles. The molecule has 0 unspecified atom stereocenters. The molecule has 2 N–H and O–H groups in total. The van der Waals surface area contributed by atoms with Crippen molar-refractivity contribution >= 4 is 17.2 Å². The van der Waals surface area contributed by atoms with Gasteiger partial charge in [0.15, 0.2) is 0 Å². The van der Waals surface area contributed by atoms with Crippen LogP contribution in [0.3, 0.4) is 0 Å². The Morgan fingerprint density at radius 1 is 1.00 bits per heavy atom. The van der Waals surface area contributed by atoms with Crippen molar-refractivity contribution in [3.8, 4) is 11.1 Å². The van der Waals surface area contributed by atoms with Crippen molar-refractivity contribution in [1.82, 2.24) is 34.3 Å². The molecule has 0 saturated heterocycles. The van der Waals surface area contributed by atoms with Gasteiger partial charge in [-0.3, -0.25) is 4.40 Å². The van der Waals surface area contributed by atoms with E-state index in [4.69, 9.17) is 0 Å². The Kier molecular flexibility index (Phi) is 3.97. The summed E-state index contributed by atoms with van der Waals surface area (Å²) in [5, 5.41) is 11.5. The monoisotopic (exact) mass is 362 g/mol. The summed E-state index contributed by atoms with van der Waals surface area (Å²) in [6.07, 6.45) is 16.0. The first kappa shape index (κ1) is 16.2. The second-order valence-corrected chi connectivity index (χ2v) is 7.10. The van der Waals surface area contributed by atoms with Crippen molar-refractivity contribution < 1.29 is 0 Å². The van der Waals surface area contributed by atoms with Crippen LogP contribution in [0, 0.1) is 0 Å². The molecular weight excluding hydrogens is 340 g/mol. The minimum atomic E-state index is 0.440. The van der Waals surface area contributed by atoms with Crippen molar-refractivity contribution in [1.29, 1.82) is 0 Å². The van der Waals surface area contributed by atoms with E-state index in [0.29, 0.717) is 23.8 Å². The summed E-state index contributed by atoms with van der Waals surface area (Å²) in [7, 11) is 2.04. The largest absolute Gasteiger partial charge is 0.350 e. The van der Waals surface area contributed by atoms with Gasteiger partial charge in [0.2, 0.25) is 11.7 Å². The maximum absolute atomic E-state index is 4.65. The number of nitrogens with zero attached hydrogens (tertiary/aromatic N) is 6. The van der Waals surface area contributed by atoms with Gasteiger partial charge in [-0.1, -0.05) is 0 Å². The fourth-order valence-corrected chi connectivity index (χ4v) is 3.87. The van der Waals surface area contributed by atoms with Crippen LogP contribution in [-0.4, -0.2) is 48.1 Å². The second-order valence-electron chi connectivity index (χ2n) is 7.10. The Bertz CT molecular complexity index is 1070. The van der Waals surface area contributed by atoms with E-state index in [1.165, 1.54) is 12.8 Å². The summed E-state index contributed by atoms with van der Waals surface area (Å²) in [5.41, 5.74) is 3.03. The Labute approximate surface area is 156 Å². The smallest absolute Gasteiger partial charge is 0.241 e. The minimum Gasteiger partial charge on any atom is -0.350 e.